The van der Waals surface area contributed by atoms with Gasteiger partial charge in [0.1, 0.15) is 17.3 Å². The normalized spacial score (nSPS) is 11.7. The van der Waals surface area contributed by atoms with Gasteiger partial charge in [0.25, 0.3) is 0 Å². The Balaban J connectivity index is 1.93. The van der Waals surface area contributed by atoms with E-state index in [1.165, 1.54) is 17.8 Å². The average Bonchev–Trinajstić information content (AvgIpc) is 2.63. The van der Waals surface area contributed by atoms with Crippen LogP contribution in [0.15, 0.2) is 36.4 Å². The van der Waals surface area contributed by atoms with Crippen LogP contribution in [0.25, 0.3) is 0 Å². The second-order valence-corrected chi connectivity index (χ2v) is 6.98. The molecule has 1 amide bonds. The van der Waals surface area contributed by atoms with Crippen molar-refractivity contribution in [3.8, 4) is 11.5 Å². The minimum absolute atomic E-state index is 0.153. The van der Waals surface area contributed by atoms with E-state index in [0.29, 0.717) is 27.8 Å². The molecule has 1 atom stereocenters. The number of ether oxygens (including phenoxy) is 2. The third-order valence-corrected chi connectivity index (χ3v) is 5.14. The summed E-state index contributed by atoms with van der Waals surface area (Å²) in [6.45, 7) is 1.87. The molecule has 2 rings (SSSR count). The first-order chi connectivity index (χ1) is 12.5. The van der Waals surface area contributed by atoms with Gasteiger partial charge in [0.2, 0.25) is 5.91 Å². The van der Waals surface area contributed by atoms with E-state index in [1.807, 2.05) is 13.0 Å². The number of hydrogen-bond acceptors (Lipinski definition) is 4. The smallest absolute Gasteiger partial charge is 0.230 e. The van der Waals surface area contributed by atoms with Crippen molar-refractivity contribution in [2.75, 3.05) is 20.0 Å². The molecule has 7 heteroatoms. The Morgan fingerprint density at radius 2 is 2.04 bits per heavy atom. The monoisotopic (exact) mass is 397 g/mol. The third kappa shape index (κ3) is 5.29. The summed E-state index contributed by atoms with van der Waals surface area (Å²) in [5, 5.41) is 3.28. The summed E-state index contributed by atoms with van der Waals surface area (Å²) in [5.74, 6) is 1.37. The predicted octanol–water partition coefficient (Wildman–Crippen LogP) is 4.61. The molecule has 0 saturated heterocycles. The Kier molecular flexibility index (Phi) is 7.60. The zero-order valence-corrected chi connectivity index (χ0v) is 16.4. The van der Waals surface area contributed by atoms with Crippen LogP contribution in [0.3, 0.4) is 0 Å². The van der Waals surface area contributed by atoms with Crippen LogP contribution >= 0.6 is 23.4 Å². The fourth-order valence-electron chi connectivity index (χ4n) is 2.45. The molecule has 0 spiro atoms. The van der Waals surface area contributed by atoms with E-state index in [0.717, 1.165) is 5.56 Å². The molecule has 4 nitrogen and oxygen atoms in total. The molecule has 0 heterocycles. The lowest BCUT2D eigenvalue weighted by Crippen LogP contribution is -2.28. The SMILES string of the molecule is COc1ccc(OC)c([C@@H](C)NC(=O)CSCc2c(F)cccc2Cl)c1. The number of nitrogens with one attached hydrogen (secondary N) is 1. The van der Waals surface area contributed by atoms with Gasteiger partial charge in [-0.15, -0.1) is 11.8 Å². The van der Waals surface area contributed by atoms with E-state index in [-0.39, 0.29) is 23.5 Å². The van der Waals surface area contributed by atoms with Crippen molar-refractivity contribution in [2.45, 2.75) is 18.7 Å². The number of hydrogen-bond donors (Lipinski definition) is 1. The Bertz CT molecular complexity index is 752. The second kappa shape index (κ2) is 9.69. The number of carbonyl (C=O) groups is 1. The van der Waals surface area contributed by atoms with Crippen molar-refractivity contribution in [1.29, 1.82) is 0 Å². The van der Waals surface area contributed by atoms with Crippen molar-refractivity contribution in [2.24, 2.45) is 0 Å². The molecule has 0 aliphatic rings. The van der Waals surface area contributed by atoms with E-state index in [9.17, 15) is 9.18 Å². The lowest BCUT2D eigenvalue weighted by Gasteiger charge is -2.18. The van der Waals surface area contributed by atoms with Gasteiger partial charge in [-0.2, -0.15) is 0 Å². The van der Waals surface area contributed by atoms with Crippen molar-refractivity contribution in [3.05, 3.63) is 58.4 Å². The quantitative estimate of drug-likeness (QED) is 0.706. The molecule has 0 aromatic heterocycles. The summed E-state index contributed by atoms with van der Waals surface area (Å²) in [7, 11) is 3.16. The first kappa shape index (κ1) is 20.4. The van der Waals surface area contributed by atoms with Crippen LogP contribution in [0, 0.1) is 5.82 Å². The maximum absolute atomic E-state index is 13.7. The second-order valence-electron chi connectivity index (χ2n) is 5.59. The largest absolute Gasteiger partial charge is 0.497 e. The van der Waals surface area contributed by atoms with Crippen LogP contribution in [-0.4, -0.2) is 25.9 Å². The predicted molar refractivity (Wildman–Crippen MR) is 104 cm³/mol. The Labute approximate surface area is 162 Å². The highest BCUT2D eigenvalue weighted by atomic mass is 35.5. The van der Waals surface area contributed by atoms with E-state index in [1.54, 1.807) is 38.5 Å². The van der Waals surface area contributed by atoms with Crippen LogP contribution < -0.4 is 14.8 Å². The third-order valence-electron chi connectivity index (χ3n) is 3.82. The van der Waals surface area contributed by atoms with Crippen LogP contribution in [0.2, 0.25) is 5.02 Å². The Morgan fingerprint density at radius 3 is 2.69 bits per heavy atom. The number of halogens is 2. The molecule has 0 aliphatic carbocycles. The summed E-state index contributed by atoms with van der Waals surface area (Å²) >= 11 is 7.30. The maximum atomic E-state index is 13.7. The summed E-state index contributed by atoms with van der Waals surface area (Å²) in [4.78, 5) is 12.2. The van der Waals surface area contributed by atoms with Gasteiger partial charge in [0.15, 0.2) is 0 Å². The maximum Gasteiger partial charge on any atom is 0.230 e. The molecule has 2 aromatic rings. The summed E-state index contributed by atoms with van der Waals surface area (Å²) in [6.07, 6.45) is 0. The first-order valence-corrected chi connectivity index (χ1v) is 9.51. The van der Waals surface area contributed by atoms with E-state index in [2.05, 4.69) is 5.32 Å². The van der Waals surface area contributed by atoms with Gasteiger partial charge < -0.3 is 14.8 Å². The minimum atomic E-state index is -0.361. The highest BCUT2D eigenvalue weighted by molar-refractivity contribution is 7.99. The molecule has 0 bridgehead atoms. The van der Waals surface area contributed by atoms with Crippen molar-refractivity contribution >= 4 is 29.3 Å². The molecule has 0 fully saturated rings. The molecule has 26 heavy (non-hydrogen) atoms. The fraction of sp³-hybridized carbons (Fsp3) is 0.316. The highest BCUT2D eigenvalue weighted by Gasteiger charge is 2.16. The average molecular weight is 398 g/mol. The van der Waals surface area contributed by atoms with Crippen molar-refractivity contribution < 1.29 is 18.7 Å². The summed E-state index contributed by atoms with van der Waals surface area (Å²) in [5.41, 5.74) is 1.23. The van der Waals surface area contributed by atoms with Gasteiger partial charge in [0.05, 0.1) is 26.0 Å². The molecule has 1 N–H and O–H groups in total. The van der Waals surface area contributed by atoms with Gasteiger partial charge in [-0.3, -0.25) is 4.79 Å². The molecule has 0 unspecified atom stereocenters. The lowest BCUT2D eigenvalue weighted by molar-refractivity contribution is -0.119. The van der Waals surface area contributed by atoms with Crippen molar-refractivity contribution in [1.82, 2.24) is 5.32 Å². The van der Waals surface area contributed by atoms with E-state index < -0.39 is 0 Å². The number of thioether (sulfide) groups is 1. The minimum Gasteiger partial charge on any atom is -0.497 e. The van der Waals surface area contributed by atoms with Gasteiger partial charge in [-0.25, -0.2) is 4.39 Å². The molecule has 0 saturated carbocycles. The van der Waals surface area contributed by atoms with Gasteiger partial charge in [0, 0.05) is 21.9 Å². The van der Waals surface area contributed by atoms with Gasteiger partial charge >= 0.3 is 0 Å². The van der Waals surface area contributed by atoms with Crippen LogP contribution in [-0.2, 0) is 10.5 Å². The summed E-state index contributed by atoms with van der Waals surface area (Å²) in [6, 6.07) is 9.72. The Hall–Kier alpha value is -1.92. The molecular weight excluding hydrogens is 377 g/mol. The zero-order chi connectivity index (χ0) is 19.1. The van der Waals surface area contributed by atoms with Gasteiger partial charge in [-0.05, 0) is 37.3 Å². The number of methoxy groups -OCH3 is 2. The molecule has 140 valence electrons. The van der Waals surface area contributed by atoms with Crippen LogP contribution in [0.1, 0.15) is 24.1 Å². The lowest BCUT2D eigenvalue weighted by atomic mass is 10.1. The number of rotatable bonds is 8. The zero-order valence-electron chi connectivity index (χ0n) is 14.8. The summed E-state index contributed by atoms with van der Waals surface area (Å²) < 4.78 is 24.3. The number of benzene rings is 2. The van der Waals surface area contributed by atoms with Crippen molar-refractivity contribution in [3.63, 3.8) is 0 Å². The van der Waals surface area contributed by atoms with Crippen LogP contribution in [0.4, 0.5) is 4.39 Å². The molecule has 0 radical (unpaired) electrons. The number of carbonyl (C=O) groups excluding carboxylic acids is 1. The Morgan fingerprint density at radius 1 is 1.27 bits per heavy atom. The fourth-order valence-corrected chi connectivity index (χ4v) is 3.63. The highest BCUT2D eigenvalue weighted by Crippen LogP contribution is 2.29. The molecule has 2 aromatic carbocycles. The van der Waals surface area contributed by atoms with E-state index >= 15 is 0 Å². The standard InChI is InChI=1S/C19H21ClFNO3S/c1-12(14-9-13(24-2)7-8-18(14)25-3)22-19(23)11-26-10-15-16(20)5-4-6-17(15)21/h4-9,12H,10-11H2,1-3H3,(H,22,23)/t12-/m1/s1. The van der Waals surface area contributed by atoms with Gasteiger partial charge in [-0.1, -0.05) is 17.7 Å². The first-order valence-electron chi connectivity index (χ1n) is 7.98. The molecule has 0 aliphatic heterocycles. The topological polar surface area (TPSA) is 47.6 Å². The van der Waals surface area contributed by atoms with E-state index in [4.69, 9.17) is 21.1 Å². The molecular formula is C19H21ClFNO3S. The number of amides is 1. The van der Waals surface area contributed by atoms with Crippen LogP contribution in [0.5, 0.6) is 11.5 Å².